The molecular weight excluding hydrogens is 246 g/mol. The third-order valence-corrected chi connectivity index (χ3v) is 4.38. The summed E-state index contributed by atoms with van der Waals surface area (Å²) in [4.78, 5) is 2.55. The van der Waals surface area contributed by atoms with Gasteiger partial charge in [-0.15, -0.1) is 0 Å². The lowest BCUT2D eigenvalue weighted by Crippen LogP contribution is -2.32. The van der Waals surface area contributed by atoms with E-state index in [1.807, 2.05) is 0 Å². The molecule has 3 heteroatoms. The Morgan fingerprint density at radius 1 is 1.38 bits per heavy atom. The minimum atomic E-state index is 0.869. The Morgan fingerprint density at radius 2 is 2.23 bits per heavy atom. The first-order valence-electron chi connectivity index (χ1n) is 5.18. The third-order valence-electron chi connectivity index (χ3n) is 2.67. The van der Waals surface area contributed by atoms with Gasteiger partial charge in [0.15, 0.2) is 0 Å². The standard InChI is InChI=1S/C10H20BrNS/c1-12(7-4-2-3-6-11)10-5-8-13-9-10/h10H,2-9H2,1H3. The van der Waals surface area contributed by atoms with Gasteiger partial charge >= 0.3 is 0 Å². The highest BCUT2D eigenvalue weighted by Crippen LogP contribution is 2.21. The largest absolute Gasteiger partial charge is 0.303 e. The molecule has 0 aromatic rings. The predicted octanol–water partition coefficient (Wildman–Crippen LogP) is 2.99. The van der Waals surface area contributed by atoms with Crippen LogP contribution in [0.2, 0.25) is 0 Å². The number of rotatable bonds is 6. The smallest absolute Gasteiger partial charge is 0.0191 e. The Balaban J connectivity index is 1.99. The van der Waals surface area contributed by atoms with Gasteiger partial charge in [-0.2, -0.15) is 11.8 Å². The fourth-order valence-electron chi connectivity index (χ4n) is 1.68. The van der Waals surface area contributed by atoms with E-state index in [2.05, 4.69) is 39.6 Å². The Morgan fingerprint density at radius 3 is 2.85 bits per heavy atom. The van der Waals surface area contributed by atoms with Crippen molar-refractivity contribution in [2.45, 2.75) is 31.7 Å². The molecule has 0 bridgehead atoms. The Kier molecular flexibility index (Phi) is 6.51. The van der Waals surface area contributed by atoms with Gasteiger partial charge < -0.3 is 4.90 Å². The lowest BCUT2D eigenvalue weighted by atomic mass is 10.2. The van der Waals surface area contributed by atoms with Crippen LogP contribution in [0, 0.1) is 0 Å². The molecule has 0 aromatic carbocycles. The normalized spacial score (nSPS) is 22.8. The van der Waals surface area contributed by atoms with E-state index in [0.717, 1.165) is 11.4 Å². The summed E-state index contributed by atoms with van der Waals surface area (Å²) in [7, 11) is 2.28. The number of thioether (sulfide) groups is 1. The molecule has 0 amide bonds. The van der Waals surface area contributed by atoms with Crippen molar-refractivity contribution in [3.8, 4) is 0 Å². The molecule has 0 N–H and O–H groups in total. The average Bonchev–Trinajstić information content (AvgIpc) is 2.65. The second kappa shape index (κ2) is 7.13. The van der Waals surface area contributed by atoms with Crippen LogP contribution >= 0.6 is 27.7 Å². The molecule has 0 aliphatic carbocycles. The summed E-state index contributed by atoms with van der Waals surface area (Å²) >= 11 is 5.57. The molecule has 1 fully saturated rings. The first kappa shape index (κ1) is 11.9. The van der Waals surface area contributed by atoms with E-state index in [9.17, 15) is 0 Å². The van der Waals surface area contributed by atoms with Gasteiger partial charge in [0.05, 0.1) is 0 Å². The van der Waals surface area contributed by atoms with Crippen LogP contribution in [0.5, 0.6) is 0 Å². The van der Waals surface area contributed by atoms with Gasteiger partial charge in [0.1, 0.15) is 0 Å². The van der Waals surface area contributed by atoms with Gasteiger partial charge in [-0.1, -0.05) is 22.4 Å². The maximum Gasteiger partial charge on any atom is 0.0191 e. The first-order valence-corrected chi connectivity index (χ1v) is 7.46. The second-order valence-corrected chi connectivity index (χ2v) is 5.69. The molecule has 0 radical (unpaired) electrons. The summed E-state index contributed by atoms with van der Waals surface area (Å²) in [6.45, 7) is 1.29. The van der Waals surface area contributed by atoms with Crippen molar-refractivity contribution in [1.29, 1.82) is 0 Å². The zero-order valence-electron chi connectivity index (χ0n) is 8.47. The maximum atomic E-state index is 3.47. The zero-order chi connectivity index (χ0) is 9.52. The average molecular weight is 266 g/mol. The van der Waals surface area contributed by atoms with E-state index in [1.54, 1.807) is 0 Å². The van der Waals surface area contributed by atoms with Crippen LogP contribution < -0.4 is 0 Å². The van der Waals surface area contributed by atoms with E-state index in [4.69, 9.17) is 0 Å². The molecule has 0 aromatic heterocycles. The van der Waals surface area contributed by atoms with Crippen LogP contribution in [-0.2, 0) is 0 Å². The van der Waals surface area contributed by atoms with Crippen LogP contribution in [-0.4, -0.2) is 41.4 Å². The van der Waals surface area contributed by atoms with E-state index in [-0.39, 0.29) is 0 Å². The van der Waals surface area contributed by atoms with Crippen LogP contribution in [0.1, 0.15) is 25.7 Å². The van der Waals surface area contributed by atoms with Gasteiger partial charge in [0, 0.05) is 17.1 Å². The van der Waals surface area contributed by atoms with Gasteiger partial charge in [-0.25, -0.2) is 0 Å². The highest BCUT2D eigenvalue weighted by atomic mass is 79.9. The fourth-order valence-corrected chi connectivity index (χ4v) is 3.38. The van der Waals surface area contributed by atoms with Crippen LogP contribution in [0.3, 0.4) is 0 Å². The predicted molar refractivity (Wildman–Crippen MR) is 66.0 cm³/mol. The quantitative estimate of drug-likeness (QED) is 0.537. The van der Waals surface area contributed by atoms with Crippen LogP contribution in [0.15, 0.2) is 0 Å². The molecular formula is C10H20BrNS. The molecule has 1 aliphatic heterocycles. The van der Waals surface area contributed by atoms with Gasteiger partial charge in [-0.3, -0.25) is 0 Å². The molecule has 1 unspecified atom stereocenters. The molecule has 1 heterocycles. The number of hydrogen-bond donors (Lipinski definition) is 0. The third kappa shape index (κ3) is 4.71. The molecule has 0 spiro atoms. The first-order chi connectivity index (χ1) is 6.34. The van der Waals surface area contributed by atoms with Crippen molar-refractivity contribution < 1.29 is 0 Å². The highest BCUT2D eigenvalue weighted by molar-refractivity contribution is 9.09. The Bertz CT molecular complexity index is 126. The van der Waals surface area contributed by atoms with Crippen molar-refractivity contribution in [2.24, 2.45) is 0 Å². The van der Waals surface area contributed by atoms with Crippen molar-refractivity contribution >= 4 is 27.7 Å². The lowest BCUT2D eigenvalue weighted by molar-refractivity contribution is 0.257. The van der Waals surface area contributed by atoms with E-state index in [1.165, 1.54) is 43.7 Å². The zero-order valence-corrected chi connectivity index (χ0v) is 10.9. The molecule has 1 atom stereocenters. The number of halogens is 1. The second-order valence-electron chi connectivity index (χ2n) is 3.75. The molecule has 1 rings (SSSR count). The van der Waals surface area contributed by atoms with Gasteiger partial charge in [0.25, 0.3) is 0 Å². The van der Waals surface area contributed by atoms with Gasteiger partial charge in [0.2, 0.25) is 0 Å². The summed E-state index contributed by atoms with van der Waals surface area (Å²) in [6.07, 6.45) is 5.46. The molecule has 1 nitrogen and oxygen atoms in total. The summed E-state index contributed by atoms with van der Waals surface area (Å²) in [5.41, 5.74) is 0. The molecule has 1 aliphatic rings. The van der Waals surface area contributed by atoms with E-state index >= 15 is 0 Å². The SMILES string of the molecule is CN(CCCCCBr)C1CCSC1. The topological polar surface area (TPSA) is 3.24 Å². The Hall–Kier alpha value is 0.790. The minimum Gasteiger partial charge on any atom is -0.303 e. The van der Waals surface area contributed by atoms with Crippen LogP contribution in [0.4, 0.5) is 0 Å². The summed E-state index contributed by atoms with van der Waals surface area (Å²) in [6, 6.07) is 0.869. The Labute approximate surface area is 94.8 Å². The number of alkyl halides is 1. The maximum absolute atomic E-state index is 3.47. The summed E-state index contributed by atoms with van der Waals surface area (Å²) < 4.78 is 0. The number of nitrogens with zero attached hydrogens (tertiary/aromatic N) is 1. The van der Waals surface area contributed by atoms with Crippen molar-refractivity contribution in [3.05, 3.63) is 0 Å². The minimum absolute atomic E-state index is 0.869. The number of hydrogen-bond acceptors (Lipinski definition) is 2. The van der Waals surface area contributed by atoms with Gasteiger partial charge in [-0.05, 0) is 38.6 Å². The fraction of sp³-hybridized carbons (Fsp3) is 1.00. The van der Waals surface area contributed by atoms with Crippen molar-refractivity contribution in [2.75, 3.05) is 30.4 Å². The highest BCUT2D eigenvalue weighted by Gasteiger charge is 2.18. The molecule has 78 valence electrons. The van der Waals surface area contributed by atoms with E-state index < -0.39 is 0 Å². The number of unbranched alkanes of at least 4 members (excludes halogenated alkanes) is 2. The van der Waals surface area contributed by atoms with E-state index in [0.29, 0.717) is 0 Å². The van der Waals surface area contributed by atoms with Crippen molar-refractivity contribution in [3.63, 3.8) is 0 Å². The molecule has 1 saturated heterocycles. The lowest BCUT2D eigenvalue weighted by Gasteiger charge is -2.23. The van der Waals surface area contributed by atoms with Crippen molar-refractivity contribution in [1.82, 2.24) is 4.90 Å². The summed E-state index contributed by atoms with van der Waals surface area (Å²) in [5, 5.41) is 1.16. The van der Waals surface area contributed by atoms with Crippen LogP contribution in [0.25, 0.3) is 0 Å². The molecule has 13 heavy (non-hydrogen) atoms. The monoisotopic (exact) mass is 265 g/mol. The molecule has 0 saturated carbocycles. The summed E-state index contributed by atoms with van der Waals surface area (Å²) in [5.74, 6) is 2.73.